The molecular formula is C27H30F3N5O. The van der Waals surface area contributed by atoms with Crippen LogP contribution in [0.5, 0.6) is 0 Å². The number of rotatable bonds is 5. The highest BCUT2D eigenvalue weighted by Gasteiger charge is 2.31. The molecule has 2 aliphatic heterocycles. The molecule has 6 nitrogen and oxygen atoms in total. The Balaban J connectivity index is 1.18. The maximum atomic E-state index is 13.8. The average molecular weight is 498 g/mol. The Morgan fingerprint density at radius 2 is 1.83 bits per heavy atom. The fourth-order valence-electron chi connectivity index (χ4n) is 5.26. The molecule has 0 aliphatic carbocycles. The molecule has 5 rings (SSSR count). The van der Waals surface area contributed by atoms with Gasteiger partial charge in [0.2, 0.25) is 0 Å². The van der Waals surface area contributed by atoms with Crippen molar-refractivity contribution in [3.63, 3.8) is 0 Å². The highest BCUT2D eigenvalue weighted by molar-refractivity contribution is 5.74. The second kappa shape index (κ2) is 10.2. The number of para-hydroxylation sites is 1. The zero-order valence-corrected chi connectivity index (χ0v) is 20.3. The largest absolute Gasteiger partial charge is 0.325 e. The van der Waals surface area contributed by atoms with Crippen LogP contribution < -0.4 is 4.90 Å². The quantitative estimate of drug-likeness (QED) is 0.445. The number of likely N-dealkylation sites (tertiary alicyclic amines) is 1. The maximum absolute atomic E-state index is 13.8. The van der Waals surface area contributed by atoms with Crippen LogP contribution in [-0.2, 0) is 13.1 Å². The van der Waals surface area contributed by atoms with Crippen molar-refractivity contribution in [2.45, 2.75) is 39.4 Å². The van der Waals surface area contributed by atoms with Gasteiger partial charge in [-0.1, -0.05) is 30.3 Å². The Kier molecular flexibility index (Phi) is 6.89. The van der Waals surface area contributed by atoms with E-state index in [1.165, 1.54) is 17.0 Å². The number of urea groups is 1. The van der Waals surface area contributed by atoms with Crippen LogP contribution in [0.1, 0.15) is 24.1 Å². The first kappa shape index (κ1) is 24.2. The molecule has 2 aromatic carbocycles. The molecule has 3 aromatic rings. The minimum Gasteiger partial charge on any atom is -0.325 e. The van der Waals surface area contributed by atoms with Crippen LogP contribution in [0.25, 0.3) is 11.4 Å². The van der Waals surface area contributed by atoms with E-state index in [-0.39, 0.29) is 24.3 Å². The summed E-state index contributed by atoms with van der Waals surface area (Å²) in [7, 11) is 0. The third-order valence-corrected chi connectivity index (χ3v) is 7.24. The second-order valence-corrected chi connectivity index (χ2v) is 9.59. The summed E-state index contributed by atoms with van der Waals surface area (Å²) in [5, 5.41) is 0. The lowest BCUT2D eigenvalue weighted by Gasteiger charge is -2.39. The first-order valence-corrected chi connectivity index (χ1v) is 12.4. The van der Waals surface area contributed by atoms with Crippen molar-refractivity contribution in [2.75, 3.05) is 31.1 Å². The van der Waals surface area contributed by atoms with Crippen molar-refractivity contribution in [2.24, 2.45) is 5.92 Å². The van der Waals surface area contributed by atoms with Crippen LogP contribution >= 0.6 is 0 Å². The number of benzene rings is 2. The monoisotopic (exact) mass is 497 g/mol. The number of amides is 2. The predicted molar refractivity (Wildman–Crippen MR) is 132 cm³/mol. The summed E-state index contributed by atoms with van der Waals surface area (Å²) in [6.45, 7) is 2.22. The second-order valence-electron chi connectivity index (χ2n) is 9.59. The first-order chi connectivity index (χ1) is 17.4. The van der Waals surface area contributed by atoms with E-state index in [1.807, 2.05) is 39.5 Å². The van der Waals surface area contributed by atoms with Gasteiger partial charge >= 0.3 is 12.6 Å². The van der Waals surface area contributed by atoms with Crippen LogP contribution in [0, 0.1) is 18.7 Å². The molecule has 0 unspecified atom stereocenters. The van der Waals surface area contributed by atoms with Gasteiger partial charge in [-0.05, 0) is 49.4 Å². The molecule has 9 heteroatoms. The maximum Gasteiger partial charge on any atom is 0.320 e. The van der Waals surface area contributed by atoms with Gasteiger partial charge in [-0.25, -0.2) is 14.2 Å². The van der Waals surface area contributed by atoms with Crippen LogP contribution in [0.4, 0.5) is 23.7 Å². The number of carbonyl (C=O) groups excluding carboxylic acids is 1. The van der Waals surface area contributed by atoms with Gasteiger partial charge in [-0.2, -0.15) is 8.78 Å². The molecule has 2 amide bonds. The van der Waals surface area contributed by atoms with E-state index >= 15 is 0 Å². The number of halogens is 3. The van der Waals surface area contributed by atoms with E-state index in [2.05, 4.69) is 4.98 Å². The summed E-state index contributed by atoms with van der Waals surface area (Å²) in [5.74, 6) is 0.491. The van der Waals surface area contributed by atoms with Gasteiger partial charge in [0.1, 0.15) is 11.6 Å². The van der Waals surface area contributed by atoms with Crippen molar-refractivity contribution in [1.29, 1.82) is 0 Å². The Morgan fingerprint density at radius 3 is 2.56 bits per heavy atom. The lowest BCUT2D eigenvalue weighted by molar-refractivity contribution is 0.112. The lowest BCUT2D eigenvalue weighted by Crippen LogP contribution is -2.50. The molecule has 1 aromatic heterocycles. The highest BCUT2D eigenvalue weighted by Crippen LogP contribution is 2.29. The molecule has 1 fully saturated rings. The van der Waals surface area contributed by atoms with E-state index in [4.69, 9.17) is 0 Å². The third kappa shape index (κ3) is 4.92. The molecule has 0 radical (unpaired) electrons. The molecule has 1 saturated heterocycles. The number of aryl methyl sites for hydroxylation is 1. The van der Waals surface area contributed by atoms with Crippen molar-refractivity contribution < 1.29 is 18.0 Å². The number of carbonyl (C=O) groups is 1. The topological polar surface area (TPSA) is 44.6 Å². The summed E-state index contributed by atoms with van der Waals surface area (Å²) in [5.41, 5.74) is 3.02. The molecule has 0 N–H and O–H groups in total. The van der Waals surface area contributed by atoms with Crippen LogP contribution in [-0.4, -0.2) is 58.1 Å². The summed E-state index contributed by atoms with van der Waals surface area (Å²) < 4.78 is 43.4. The van der Waals surface area contributed by atoms with Crippen molar-refractivity contribution >= 4 is 11.7 Å². The molecule has 0 bridgehead atoms. The molecule has 0 atom stereocenters. The number of alkyl halides is 2. The molecule has 2 aliphatic rings. The lowest BCUT2D eigenvalue weighted by atomic mass is 9.96. The summed E-state index contributed by atoms with van der Waals surface area (Å²) in [4.78, 5) is 22.5. The molecule has 190 valence electrons. The number of hydrogen-bond donors (Lipinski definition) is 0. The Hall–Kier alpha value is -3.49. The highest BCUT2D eigenvalue weighted by atomic mass is 19.3. The number of nitrogens with zero attached hydrogens (tertiary/aromatic N) is 5. The fourth-order valence-corrected chi connectivity index (χ4v) is 5.26. The predicted octanol–water partition coefficient (Wildman–Crippen LogP) is 5.37. The number of piperidine rings is 1. The average Bonchev–Trinajstić information content (AvgIpc) is 3.31. The molecule has 0 saturated carbocycles. The minimum absolute atomic E-state index is 0.0298. The van der Waals surface area contributed by atoms with Crippen LogP contribution in [0.2, 0.25) is 0 Å². The standard InChI is InChI=1S/C27H30F3N5O/c1-19-5-2-3-8-24(19)35(26(29)30)17-20-9-11-32(12-10-20)27(36)33-13-14-34-23(18-33)16-31-25(34)21-6-4-7-22(28)15-21/h2-8,15-16,20,26H,9-14,17-18H2,1H3. The van der Waals surface area contributed by atoms with Crippen LogP contribution in [0.3, 0.4) is 0 Å². The van der Waals surface area contributed by atoms with Gasteiger partial charge in [0.25, 0.3) is 0 Å². The van der Waals surface area contributed by atoms with Gasteiger partial charge in [0.05, 0.1) is 18.4 Å². The van der Waals surface area contributed by atoms with E-state index in [0.717, 1.165) is 11.3 Å². The molecular weight excluding hydrogens is 467 g/mol. The Morgan fingerprint density at radius 1 is 1.06 bits per heavy atom. The Labute approximate surface area is 208 Å². The van der Waals surface area contributed by atoms with Crippen LogP contribution in [0.15, 0.2) is 54.7 Å². The fraction of sp³-hybridized carbons (Fsp3) is 0.407. The van der Waals surface area contributed by atoms with Gasteiger partial charge in [-0.15, -0.1) is 0 Å². The van der Waals surface area contributed by atoms with E-state index < -0.39 is 6.55 Å². The van der Waals surface area contributed by atoms with E-state index in [1.54, 1.807) is 24.4 Å². The van der Waals surface area contributed by atoms with Crippen molar-refractivity contribution in [1.82, 2.24) is 19.4 Å². The Bertz CT molecular complexity index is 1220. The van der Waals surface area contributed by atoms with Gasteiger partial charge in [-0.3, -0.25) is 0 Å². The van der Waals surface area contributed by atoms with E-state index in [0.29, 0.717) is 62.6 Å². The number of fused-ring (bicyclic) bond motifs is 1. The summed E-state index contributed by atoms with van der Waals surface area (Å²) in [6, 6.07) is 13.5. The zero-order valence-electron chi connectivity index (χ0n) is 20.3. The number of anilines is 1. The third-order valence-electron chi connectivity index (χ3n) is 7.24. The molecule has 36 heavy (non-hydrogen) atoms. The molecule has 3 heterocycles. The SMILES string of the molecule is Cc1ccccc1N(CC1CCN(C(=O)N2CCn3c(cnc3-c3cccc(F)c3)C2)CC1)C(F)F. The first-order valence-electron chi connectivity index (χ1n) is 12.4. The van der Waals surface area contributed by atoms with Crippen molar-refractivity contribution in [3.05, 3.63) is 71.8 Å². The van der Waals surface area contributed by atoms with Crippen molar-refractivity contribution in [3.8, 4) is 11.4 Å². The summed E-state index contributed by atoms with van der Waals surface area (Å²) >= 11 is 0. The van der Waals surface area contributed by atoms with Gasteiger partial charge in [0, 0.05) is 44.0 Å². The summed E-state index contributed by atoms with van der Waals surface area (Å²) in [6.07, 6.45) is 3.13. The zero-order chi connectivity index (χ0) is 25.2. The normalized spacial score (nSPS) is 16.4. The minimum atomic E-state index is -2.57. The number of imidazole rings is 1. The number of aromatic nitrogens is 2. The van der Waals surface area contributed by atoms with Gasteiger partial charge in [0.15, 0.2) is 0 Å². The smallest absolute Gasteiger partial charge is 0.320 e. The van der Waals surface area contributed by atoms with E-state index in [9.17, 15) is 18.0 Å². The number of hydrogen-bond acceptors (Lipinski definition) is 3. The molecule has 0 spiro atoms. The van der Waals surface area contributed by atoms with Gasteiger partial charge < -0.3 is 19.3 Å².